The predicted molar refractivity (Wildman–Crippen MR) is 111 cm³/mol. The molecule has 2 aromatic rings. The van der Waals surface area contributed by atoms with Crippen molar-refractivity contribution in [1.82, 2.24) is 9.47 Å². The van der Waals surface area contributed by atoms with Gasteiger partial charge in [0, 0.05) is 55.5 Å². The van der Waals surface area contributed by atoms with Crippen LogP contribution in [0.25, 0.3) is 10.9 Å². The third kappa shape index (κ3) is 3.46. The summed E-state index contributed by atoms with van der Waals surface area (Å²) in [6, 6.07) is 6.12. The van der Waals surface area contributed by atoms with Gasteiger partial charge in [-0.3, -0.25) is 4.79 Å². The predicted octanol–water partition coefficient (Wildman–Crippen LogP) is 3.16. The summed E-state index contributed by atoms with van der Waals surface area (Å²) in [7, 11) is 2.15. The Morgan fingerprint density at radius 2 is 2.04 bits per heavy atom. The Morgan fingerprint density at radius 3 is 2.75 bits per heavy atom. The van der Waals surface area contributed by atoms with E-state index in [4.69, 9.17) is 4.74 Å². The lowest BCUT2D eigenvalue weighted by atomic mass is 9.75. The molecule has 1 aromatic heterocycles. The van der Waals surface area contributed by atoms with Gasteiger partial charge in [0.05, 0.1) is 6.61 Å². The standard InChI is InChI=1S/C23H32N2O3/c1-3-25(10-11-26)23(27)18-5-7-22-20(15-18)19-14-17(4-6-21(19)24(22)2)16-8-12-28-13-9-16/h5,7,15-17,26H,3-4,6,8-14H2,1-2H3/t17-/m1/s1. The van der Waals surface area contributed by atoms with E-state index < -0.39 is 0 Å². The molecular weight excluding hydrogens is 352 g/mol. The SMILES string of the molecule is CCN(CCO)C(=O)c1ccc2c(c1)c1c(n2C)CC[C@@H](C2CCOCC2)C1. The molecular formula is C23H32N2O3. The minimum atomic E-state index is -0.00462. The Labute approximate surface area is 167 Å². The van der Waals surface area contributed by atoms with Crippen molar-refractivity contribution in [2.45, 2.75) is 39.0 Å². The second-order valence-corrected chi connectivity index (χ2v) is 8.28. The molecule has 1 saturated heterocycles. The molecule has 2 heterocycles. The summed E-state index contributed by atoms with van der Waals surface area (Å²) in [5, 5.41) is 10.5. The number of benzene rings is 1. The van der Waals surface area contributed by atoms with Crippen molar-refractivity contribution in [3.63, 3.8) is 0 Å². The van der Waals surface area contributed by atoms with Gasteiger partial charge in [-0.05, 0) is 74.6 Å². The lowest BCUT2D eigenvalue weighted by Crippen LogP contribution is -2.33. The highest BCUT2D eigenvalue weighted by Crippen LogP contribution is 2.39. The number of aliphatic hydroxyl groups excluding tert-OH is 1. The fourth-order valence-electron chi connectivity index (χ4n) is 5.24. The molecule has 4 rings (SSSR count). The van der Waals surface area contributed by atoms with Crippen molar-refractivity contribution in [3.8, 4) is 0 Å². The first kappa shape index (κ1) is 19.5. The molecule has 1 aliphatic carbocycles. The lowest BCUT2D eigenvalue weighted by Gasteiger charge is -2.33. The number of amides is 1. The van der Waals surface area contributed by atoms with Gasteiger partial charge in [0.25, 0.3) is 5.91 Å². The van der Waals surface area contributed by atoms with Crippen LogP contribution in [0.4, 0.5) is 0 Å². The van der Waals surface area contributed by atoms with E-state index in [-0.39, 0.29) is 12.5 Å². The molecule has 5 nitrogen and oxygen atoms in total. The number of likely N-dealkylation sites (N-methyl/N-ethyl adjacent to an activating group) is 1. The third-order valence-electron chi connectivity index (χ3n) is 6.87. The quantitative estimate of drug-likeness (QED) is 0.862. The largest absolute Gasteiger partial charge is 0.395 e. The van der Waals surface area contributed by atoms with Crippen molar-refractivity contribution < 1.29 is 14.6 Å². The van der Waals surface area contributed by atoms with E-state index in [0.29, 0.717) is 13.1 Å². The molecule has 28 heavy (non-hydrogen) atoms. The number of hydrogen-bond acceptors (Lipinski definition) is 3. The van der Waals surface area contributed by atoms with Gasteiger partial charge in [-0.25, -0.2) is 0 Å². The number of rotatable bonds is 5. The van der Waals surface area contributed by atoms with Crippen molar-refractivity contribution in [3.05, 3.63) is 35.0 Å². The average Bonchev–Trinajstić information content (AvgIpc) is 3.03. The lowest BCUT2D eigenvalue weighted by molar-refractivity contribution is 0.0439. The van der Waals surface area contributed by atoms with Gasteiger partial charge in [-0.2, -0.15) is 0 Å². The third-order valence-corrected chi connectivity index (χ3v) is 6.87. The number of nitrogens with zero attached hydrogens (tertiary/aromatic N) is 2. The molecule has 0 saturated carbocycles. The second-order valence-electron chi connectivity index (χ2n) is 8.28. The molecule has 1 amide bonds. The molecule has 152 valence electrons. The van der Waals surface area contributed by atoms with E-state index in [1.165, 1.54) is 41.4 Å². The summed E-state index contributed by atoms with van der Waals surface area (Å²) >= 11 is 0. The molecule has 1 fully saturated rings. The van der Waals surface area contributed by atoms with Gasteiger partial charge in [-0.1, -0.05) is 0 Å². The Balaban J connectivity index is 1.67. The topological polar surface area (TPSA) is 54.7 Å². The first-order chi connectivity index (χ1) is 13.6. The van der Waals surface area contributed by atoms with E-state index in [2.05, 4.69) is 23.7 Å². The Bertz CT molecular complexity index is 851. The number of aromatic nitrogens is 1. The monoisotopic (exact) mass is 384 g/mol. The number of fused-ring (bicyclic) bond motifs is 3. The summed E-state index contributed by atoms with van der Waals surface area (Å²) in [6.45, 7) is 4.74. The number of carbonyl (C=O) groups is 1. The molecule has 5 heteroatoms. The number of carbonyl (C=O) groups excluding carboxylic acids is 1. The van der Waals surface area contributed by atoms with Gasteiger partial charge in [-0.15, -0.1) is 0 Å². The van der Waals surface area contributed by atoms with Gasteiger partial charge < -0.3 is 19.3 Å². The zero-order valence-corrected chi connectivity index (χ0v) is 17.1. The maximum Gasteiger partial charge on any atom is 0.253 e. The van der Waals surface area contributed by atoms with Crippen LogP contribution in [0.2, 0.25) is 0 Å². The van der Waals surface area contributed by atoms with Crippen LogP contribution in [0.1, 0.15) is 47.8 Å². The Morgan fingerprint density at radius 1 is 1.25 bits per heavy atom. The minimum Gasteiger partial charge on any atom is -0.395 e. The zero-order chi connectivity index (χ0) is 19.7. The number of ether oxygens (including phenoxy) is 1. The van der Waals surface area contributed by atoms with Crippen molar-refractivity contribution in [2.24, 2.45) is 18.9 Å². The summed E-state index contributed by atoms with van der Waals surface area (Å²) < 4.78 is 7.89. The van der Waals surface area contributed by atoms with Crippen molar-refractivity contribution >= 4 is 16.8 Å². The first-order valence-electron chi connectivity index (χ1n) is 10.7. The van der Waals surface area contributed by atoms with Crippen molar-refractivity contribution in [1.29, 1.82) is 0 Å². The van der Waals surface area contributed by atoms with Gasteiger partial charge in [0.15, 0.2) is 0 Å². The average molecular weight is 385 g/mol. The molecule has 2 aliphatic rings. The van der Waals surface area contributed by atoms with Crippen LogP contribution in [0.5, 0.6) is 0 Å². The van der Waals surface area contributed by atoms with Crippen molar-refractivity contribution in [2.75, 3.05) is 32.9 Å². The van der Waals surface area contributed by atoms with E-state index in [0.717, 1.165) is 43.5 Å². The summed E-state index contributed by atoms with van der Waals surface area (Å²) in [6.07, 6.45) is 5.86. The summed E-state index contributed by atoms with van der Waals surface area (Å²) in [5.41, 5.74) is 4.83. The van der Waals surface area contributed by atoms with Gasteiger partial charge in [0.1, 0.15) is 0 Å². The normalized spacial score (nSPS) is 20.3. The maximum atomic E-state index is 12.9. The minimum absolute atomic E-state index is 0.00462. The number of aryl methyl sites for hydroxylation is 1. The van der Waals surface area contributed by atoms with E-state index >= 15 is 0 Å². The van der Waals surface area contributed by atoms with E-state index in [1.807, 2.05) is 13.0 Å². The molecule has 0 radical (unpaired) electrons. The Kier molecular flexibility index (Phi) is 5.74. The van der Waals surface area contributed by atoms with Crippen LogP contribution in [0, 0.1) is 11.8 Å². The van der Waals surface area contributed by atoms with E-state index in [9.17, 15) is 9.90 Å². The van der Waals surface area contributed by atoms with Crippen LogP contribution in [-0.4, -0.2) is 53.4 Å². The Hall–Kier alpha value is -1.85. The van der Waals surface area contributed by atoms with E-state index in [1.54, 1.807) is 4.90 Å². The summed E-state index contributed by atoms with van der Waals surface area (Å²) in [4.78, 5) is 14.6. The molecule has 1 N–H and O–H groups in total. The molecule has 1 aromatic carbocycles. The van der Waals surface area contributed by atoms with Crippen LogP contribution >= 0.6 is 0 Å². The molecule has 1 aliphatic heterocycles. The fourth-order valence-corrected chi connectivity index (χ4v) is 5.24. The van der Waals surface area contributed by atoms with Gasteiger partial charge >= 0.3 is 0 Å². The number of aliphatic hydroxyl groups is 1. The first-order valence-corrected chi connectivity index (χ1v) is 10.7. The van der Waals surface area contributed by atoms with Crippen LogP contribution < -0.4 is 0 Å². The van der Waals surface area contributed by atoms with Crippen LogP contribution in [0.3, 0.4) is 0 Å². The number of hydrogen-bond donors (Lipinski definition) is 1. The highest BCUT2D eigenvalue weighted by atomic mass is 16.5. The highest BCUT2D eigenvalue weighted by molar-refractivity contribution is 5.99. The fraction of sp³-hybridized carbons (Fsp3) is 0.609. The molecule has 0 spiro atoms. The maximum absolute atomic E-state index is 12.9. The second kappa shape index (κ2) is 8.26. The van der Waals surface area contributed by atoms with Gasteiger partial charge in [0.2, 0.25) is 0 Å². The smallest absolute Gasteiger partial charge is 0.253 e. The summed E-state index contributed by atoms with van der Waals surface area (Å²) in [5.74, 6) is 1.50. The van der Waals surface area contributed by atoms with Crippen LogP contribution in [0.15, 0.2) is 18.2 Å². The molecule has 1 atom stereocenters. The zero-order valence-electron chi connectivity index (χ0n) is 17.1. The van der Waals surface area contributed by atoms with Crippen LogP contribution in [-0.2, 0) is 24.6 Å². The molecule has 0 bridgehead atoms. The molecule has 0 unspecified atom stereocenters. The highest BCUT2D eigenvalue weighted by Gasteiger charge is 2.31.